The molecule has 0 saturated carbocycles. The fourth-order valence-electron chi connectivity index (χ4n) is 6.20. The van der Waals surface area contributed by atoms with Crippen molar-refractivity contribution in [2.75, 3.05) is 0 Å². The van der Waals surface area contributed by atoms with Crippen LogP contribution in [0.2, 0.25) is 0 Å². The van der Waals surface area contributed by atoms with Gasteiger partial charge in [-0.1, -0.05) is 91.0 Å². The second kappa shape index (κ2) is 8.73. The molecule has 2 heterocycles. The van der Waals surface area contributed by atoms with Gasteiger partial charge in [-0.3, -0.25) is 0 Å². The molecule has 0 aliphatic heterocycles. The van der Waals surface area contributed by atoms with E-state index in [9.17, 15) is 5.26 Å². The molecule has 0 N–H and O–H groups in total. The summed E-state index contributed by atoms with van der Waals surface area (Å²) in [6.45, 7) is 0. The van der Waals surface area contributed by atoms with E-state index in [1.807, 2.05) is 12.1 Å². The molecule has 2 aromatic heterocycles. The third-order valence-electron chi connectivity index (χ3n) is 7.96. The Labute approximate surface area is 231 Å². The van der Waals surface area contributed by atoms with E-state index < -0.39 is 0 Å². The number of rotatable bonds is 3. The summed E-state index contributed by atoms with van der Waals surface area (Å²) in [7, 11) is 0. The van der Waals surface area contributed by atoms with Crippen LogP contribution in [0.4, 0.5) is 0 Å². The van der Waals surface area contributed by atoms with Crippen molar-refractivity contribution in [2.24, 2.45) is 0 Å². The van der Waals surface area contributed by atoms with Crippen molar-refractivity contribution in [1.82, 2.24) is 9.13 Å². The maximum Gasteiger partial charge on any atom is 0.0992 e. The predicted octanol–water partition coefficient (Wildman–Crippen LogP) is 9.42. The van der Waals surface area contributed by atoms with Crippen LogP contribution in [-0.4, -0.2) is 9.13 Å². The van der Waals surface area contributed by atoms with E-state index in [0.717, 1.165) is 33.5 Å². The quantitative estimate of drug-likeness (QED) is 0.233. The Morgan fingerprint density at radius 2 is 0.900 bits per heavy atom. The number of fused-ring (bicyclic) bond motifs is 6. The lowest BCUT2D eigenvalue weighted by Crippen LogP contribution is -1.99. The highest BCUT2D eigenvalue weighted by molar-refractivity contribution is 6.10. The molecule has 0 saturated heterocycles. The van der Waals surface area contributed by atoms with Crippen molar-refractivity contribution in [3.63, 3.8) is 0 Å². The smallest absolute Gasteiger partial charge is 0.0992 e. The highest BCUT2D eigenvalue weighted by Gasteiger charge is 2.17. The van der Waals surface area contributed by atoms with Crippen molar-refractivity contribution in [3.8, 4) is 28.6 Å². The highest BCUT2D eigenvalue weighted by atomic mass is 15.0. The molecule has 186 valence electrons. The molecule has 0 aliphatic rings. The second-order valence-electron chi connectivity index (χ2n) is 10.1. The van der Waals surface area contributed by atoms with Gasteiger partial charge < -0.3 is 9.13 Å². The number of aromatic nitrogens is 2. The Kier molecular flexibility index (Phi) is 4.89. The molecule has 8 aromatic rings. The van der Waals surface area contributed by atoms with Crippen LogP contribution in [-0.2, 0) is 0 Å². The van der Waals surface area contributed by atoms with Gasteiger partial charge in [0.15, 0.2) is 0 Å². The molecule has 6 aromatic carbocycles. The first kappa shape index (κ1) is 22.4. The zero-order chi connectivity index (χ0) is 26.6. The summed E-state index contributed by atoms with van der Waals surface area (Å²) in [5, 5.41) is 14.7. The molecule has 3 nitrogen and oxygen atoms in total. The highest BCUT2D eigenvalue weighted by Crippen LogP contribution is 2.37. The van der Waals surface area contributed by atoms with Crippen LogP contribution >= 0.6 is 0 Å². The van der Waals surface area contributed by atoms with E-state index in [4.69, 9.17) is 0 Å². The van der Waals surface area contributed by atoms with Crippen molar-refractivity contribution < 1.29 is 0 Å². The average Bonchev–Trinajstić information content (AvgIpc) is 3.54. The zero-order valence-electron chi connectivity index (χ0n) is 21.6. The van der Waals surface area contributed by atoms with E-state index in [2.05, 4.69) is 143 Å². The standard InChI is InChI=1S/C37H23N3/c38-24-25-17-22-28(37(23-25)40-35-15-7-3-11-31(35)32-12-4-8-16-36(32)40)26-18-20-27(21-19-26)39-33-13-5-1-9-29(33)30-10-2-6-14-34(30)39/h1-23H. The summed E-state index contributed by atoms with van der Waals surface area (Å²) in [4.78, 5) is 0. The van der Waals surface area contributed by atoms with Gasteiger partial charge in [0, 0.05) is 32.8 Å². The summed E-state index contributed by atoms with van der Waals surface area (Å²) < 4.78 is 4.63. The van der Waals surface area contributed by atoms with Gasteiger partial charge in [0.2, 0.25) is 0 Å². The maximum absolute atomic E-state index is 9.80. The number of hydrogen-bond acceptors (Lipinski definition) is 1. The van der Waals surface area contributed by atoms with Crippen molar-refractivity contribution in [2.45, 2.75) is 0 Å². The molecule has 0 atom stereocenters. The molecular weight excluding hydrogens is 486 g/mol. The van der Waals surface area contributed by atoms with E-state index >= 15 is 0 Å². The van der Waals surface area contributed by atoms with Gasteiger partial charge >= 0.3 is 0 Å². The number of hydrogen-bond donors (Lipinski definition) is 0. The molecule has 0 amide bonds. The van der Waals surface area contributed by atoms with Crippen LogP contribution in [0.1, 0.15) is 5.56 Å². The largest absolute Gasteiger partial charge is 0.309 e. The van der Waals surface area contributed by atoms with Gasteiger partial charge in [-0.05, 0) is 54.1 Å². The van der Waals surface area contributed by atoms with Crippen LogP contribution in [0, 0.1) is 11.3 Å². The lowest BCUT2D eigenvalue weighted by atomic mass is 10.0. The van der Waals surface area contributed by atoms with Gasteiger partial charge in [0.05, 0.1) is 39.4 Å². The molecule has 0 aliphatic carbocycles. The Balaban J connectivity index is 1.34. The van der Waals surface area contributed by atoms with E-state index in [-0.39, 0.29) is 0 Å². The van der Waals surface area contributed by atoms with Crippen molar-refractivity contribution >= 4 is 43.6 Å². The summed E-state index contributed by atoms with van der Waals surface area (Å²) in [5.41, 5.74) is 9.59. The molecule has 0 radical (unpaired) electrons. The number of nitrogens with zero attached hydrogens (tertiary/aromatic N) is 3. The third kappa shape index (κ3) is 3.24. The molecular formula is C37H23N3. The molecule has 0 bridgehead atoms. The first-order valence-electron chi connectivity index (χ1n) is 13.4. The maximum atomic E-state index is 9.80. The Morgan fingerprint density at radius 3 is 1.38 bits per heavy atom. The SMILES string of the molecule is N#Cc1ccc(-c2ccc(-n3c4ccccc4c4ccccc43)cc2)c(-n2c3ccccc3c3ccccc32)c1. The van der Waals surface area contributed by atoms with Gasteiger partial charge in [0.25, 0.3) is 0 Å². The van der Waals surface area contributed by atoms with Crippen LogP contribution in [0.25, 0.3) is 66.1 Å². The topological polar surface area (TPSA) is 33.6 Å². The molecule has 0 spiro atoms. The van der Waals surface area contributed by atoms with Gasteiger partial charge in [-0.15, -0.1) is 0 Å². The number of nitriles is 1. The summed E-state index contributed by atoms with van der Waals surface area (Å²) >= 11 is 0. The van der Waals surface area contributed by atoms with E-state index in [0.29, 0.717) is 5.56 Å². The minimum Gasteiger partial charge on any atom is -0.309 e. The van der Waals surface area contributed by atoms with Gasteiger partial charge in [0.1, 0.15) is 0 Å². The van der Waals surface area contributed by atoms with E-state index in [1.54, 1.807) is 0 Å². The van der Waals surface area contributed by atoms with E-state index in [1.165, 1.54) is 32.6 Å². The van der Waals surface area contributed by atoms with Crippen LogP contribution in [0.5, 0.6) is 0 Å². The van der Waals surface area contributed by atoms with Crippen molar-refractivity contribution in [1.29, 1.82) is 5.26 Å². The molecule has 40 heavy (non-hydrogen) atoms. The number of benzene rings is 6. The summed E-state index contributed by atoms with van der Waals surface area (Å²) in [6, 6.07) is 51.2. The minimum absolute atomic E-state index is 0.641. The summed E-state index contributed by atoms with van der Waals surface area (Å²) in [5.74, 6) is 0. The Bertz CT molecular complexity index is 2170. The predicted molar refractivity (Wildman–Crippen MR) is 165 cm³/mol. The molecule has 3 heteroatoms. The third-order valence-corrected chi connectivity index (χ3v) is 7.96. The molecule has 8 rings (SSSR count). The van der Waals surface area contributed by atoms with Gasteiger partial charge in [-0.2, -0.15) is 5.26 Å². The first-order chi connectivity index (χ1) is 19.8. The molecule has 0 fully saturated rings. The monoisotopic (exact) mass is 509 g/mol. The normalized spacial score (nSPS) is 11.5. The minimum atomic E-state index is 0.641. The van der Waals surface area contributed by atoms with Crippen LogP contribution < -0.4 is 0 Å². The first-order valence-corrected chi connectivity index (χ1v) is 13.4. The van der Waals surface area contributed by atoms with Crippen molar-refractivity contribution in [3.05, 3.63) is 145 Å². The summed E-state index contributed by atoms with van der Waals surface area (Å²) in [6.07, 6.45) is 0. The Hall–Kier alpha value is -5.59. The Morgan fingerprint density at radius 1 is 0.450 bits per heavy atom. The fourth-order valence-corrected chi connectivity index (χ4v) is 6.20. The van der Waals surface area contributed by atoms with Crippen LogP contribution in [0.3, 0.4) is 0 Å². The lowest BCUT2D eigenvalue weighted by molar-refractivity contribution is 1.17. The lowest BCUT2D eigenvalue weighted by Gasteiger charge is -2.15. The second-order valence-corrected chi connectivity index (χ2v) is 10.1. The fraction of sp³-hybridized carbons (Fsp3) is 0. The van der Waals surface area contributed by atoms with Crippen LogP contribution in [0.15, 0.2) is 140 Å². The van der Waals surface area contributed by atoms with Gasteiger partial charge in [-0.25, -0.2) is 0 Å². The number of para-hydroxylation sites is 4. The molecule has 0 unspecified atom stereocenters. The average molecular weight is 510 g/mol. The zero-order valence-corrected chi connectivity index (χ0v) is 21.6.